The van der Waals surface area contributed by atoms with Crippen LogP contribution >= 0.6 is 0 Å². The van der Waals surface area contributed by atoms with Gasteiger partial charge in [-0.2, -0.15) is 0 Å². The zero-order chi connectivity index (χ0) is 21.5. The van der Waals surface area contributed by atoms with E-state index in [9.17, 15) is 9.59 Å². The van der Waals surface area contributed by atoms with Crippen molar-refractivity contribution in [1.29, 1.82) is 0 Å². The fourth-order valence-corrected chi connectivity index (χ4v) is 3.21. The number of carbonyl (C=O) groups excluding carboxylic acids is 2. The predicted octanol–water partition coefficient (Wildman–Crippen LogP) is 3.66. The van der Waals surface area contributed by atoms with E-state index in [1.54, 1.807) is 36.4 Å². The van der Waals surface area contributed by atoms with E-state index in [0.717, 1.165) is 31.7 Å². The number of anilines is 2. The summed E-state index contributed by atoms with van der Waals surface area (Å²) in [5, 5.41) is 10.7. The predicted molar refractivity (Wildman–Crippen MR) is 115 cm³/mol. The van der Waals surface area contributed by atoms with Crippen LogP contribution in [0.25, 0.3) is 0 Å². The largest absolute Gasteiger partial charge is 0.457 e. The lowest BCUT2D eigenvalue weighted by Gasteiger charge is -2.15. The third-order valence-corrected chi connectivity index (χ3v) is 4.72. The fraction of sp³-hybridized carbons (Fsp3) is 0.217. The molecule has 158 valence electrons. The van der Waals surface area contributed by atoms with E-state index in [1.807, 2.05) is 30.3 Å². The first-order valence-corrected chi connectivity index (χ1v) is 10.1. The molecule has 1 aliphatic rings. The van der Waals surface area contributed by atoms with E-state index in [2.05, 4.69) is 20.4 Å². The van der Waals surface area contributed by atoms with Crippen molar-refractivity contribution in [1.82, 2.24) is 10.2 Å². The Morgan fingerprint density at radius 2 is 1.68 bits per heavy atom. The highest BCUT2D eigenvalue weighted by molar-refractivity contribution is 5.94. The third-order valence-electron chi connectivity index (χ3n) is 4.72. The third kappa shape index (κ3) is 5.57. The van der Waals surface area contributed by atoms with Crippen molar-refractivity contribution < 1.29 is 19.1 Å². The summed E-state index contributed by atoms with van der Waals surface area (Å²) in [6, 6.07) is 19.6. The van der Waals surface area contributed by atoms with Crippen LogP contribution < -0.4 is 15.0 Å². The van der Waals surface area contributed by atoms with Crippen LogP contribution in [0.5, 0.6) is 11.5 Å². The van der Waals surface area contributed by atoms with Gasteiger partial charge in [0.05, 0.1) is 0 Å². The van der Waals surface area contributed by atoms with Gasteiger partial charge in [0, 0.05) is 24.8 Å². The number of carbonyl (C=O) groups is 2. The Morgan fingerprint density at radius 3 is 2.42 bits per heavy atom. The highest BCUT2D eigenvalue weighted by Gasteiger charge is 2.16. The summed E-state index contributed by atoms with van der Waals surface area (Å²) in [6.07, 6.45) is 2.25. The topological polar surface area (TPSA) is 93.7 Å². The summed E-state index contributed by atoms with van der Waals surface area (Å²) in [5.74, 6) is 0.846. The molecule has 8 nitrogen and oxygen atoms in total. The molecule has 4 rings (SSSR count). The number of nitrogens with zero attached hydrogens (tertiary/aromatic N) is 3. The van der Waals surface area contributed by atoms with Gasteiger partial charge in [0.2, 0.25) is 0 Å². The lowest BCUT2D eigenvalue weighted by molar-refractivity contribution is -0.119. The second-order valence-corrected chi connectivity index (χ2v) is 7.04. The molecule has 0 radical (unpaired) electrons. The second-order valence-electron chi connectivity index (χ2n) is 7.04. The van der Waals surface area contributed by atoms with Crippen LogP contribution in [0.15, 0.2) is 66.7 Å². The number of ether oxygens (including phenoxy) is 2. The number of aromatic nitrogens is 2. The number of amides is 1. The average Bonchev–Trinajstić information content (AvgIpc) is 3.34. The SMILES string of the molecule is O=C(COC(=O)c1ccc(N2CCCC2)nn1)Nc1cccc(Oc2ccccc2)c1. The molecule has 3 aromatic rings. The smallest absolute Gasteiger partial charge is 0.359 e. The van der Waals surface area contributed by atoms with Crippen molar-refractivity contribution in [3.8, 4) is 11.5 Å². The number of nitrogens with one attached hydrogen (secondary N) is 1. The molecular formula is C23H22N4O4. The average molecular weight is 418 g/mol. The minimum Gasteiger partial charge on any atom is -0.457 e. The summed E-state index contributed by atoms with van der Waals surface area (Å²) in [6.45, 7) is 1.45. The van der Waals surface area contributed by atoms with Crippen molar-refractivity contribution in [3.05, 3.63) is 72.4 Å². The van der Waals surface area contributed by atoms with Gasteiger partial charge in [-0.25, -0.2) is 4.79 Å². The molecule has 31 heavy (non-hydrogen) atoms. The maximum atomic E-state index is 12.2. The van der Waals surface area contributed by atoms with Crippen molar-refractivity contribution in [2.24, 2.45) is 0 Å². The minimum absolute atomic E-state index is 0.0639. The number of benzene rings is 2. The van der Waals surface area contributed by atoms with E-state index in [0.29, 0.717) is 17.2 Å². The summed E-state index contributed by atoms with van der Waals surface area (Å²) in [5.41, 5.74) is 0.596. The Balaban J connectivity index is 1.28. The van der Waals surface area contributed by atoms with Gasteiger partial charge in [0.1, 0.15) is 11.5 Å². The molecule has 0 saturated carbocycles. The monoisotopic (exact) mass is 418 g/mol. The molecule has 1 N–H and O–H groups in total. The van der Waals surface area contributed by atoms with Gasteiger partial charge in [-0.1, -0.05) is 24.3 Å². The van der Waals surface area contributed by atoms with Gasteiger partial charge in [-0.05, 0) is 49.2 Å². The Morgan fingerprint density at radius 1 is 0.903 bits per heavy atom. The minimum atomic E-state index is -0.697. The molecule has 2 heterocycles. The first-order chi connectivity index (χ1) is 15.2. The van der Waals surface area contributed by atoms with Crippen LogP contribution in [0.2, 0.25) is 0 Å². The zero-order valence-electron chi connectivity index (χ0n) is 16.9. The maximum Gasteiger partial charge on any atom is 0.359 e. The normalized spacial score (nSPS) is 13.0. The van der Waals surface area contributed by atoms with Crippen molar-refractivity contribution in [2.75, 3.05) is 29.9 Å². The molecular weight excluding hydrogens is 396 g/mol. The first kappa shape index (κ1) is 20.3. The van der Waals surface area contributed by atoms with Crippen LogP contribution in [0.4, 0.5) is 11.5 Å². The van der Waals surface area contributed by atoms with Gasteiger partial charge in [-0.15, -0.1) is 10.2 Å². The van der Waals surface area contributed by atoms with Crippen LogP contribution in [-0.2, 0) is 9.53 Å². The van der Waals surface area contributed by atoms with Gasteiger partial charge in [-0.3, -0.25) is 4.79 Å². The first-order valence-electron chi connectivity index (χ1n) is 10.1. The highest BCUT2D eigenvalue weighted by atomic mass is 16.5. The van der Waals surface area contributed by atoms with Crippen molar-refractivity contribution in [2.45, 2.75) is 12.8 Å². The number of hydrogen-bond acceptors (Lipinski definition) is 7. The van der Waals surface area contributed by atoms with E-state index in [4.69, 9.17) is 9.47 Å². The van der Waals surface area contributed by atoms with E-state index in [1.165, 1.54) is 0 Å². The highest BCUT2D eigenvalue weighted by Crippen LogP contribution is 2.23. The lowest BCUT2D eigenvalue weighted by Crippen LogP contribution is -2.22. The Bertz CT molecular complexity index is 1030. The number of esters is 1. The van der Waals surface area contributed by atoms with Crippen LogP contribution in [0, 0.1) is 0 Å². The van der Waals surface area contributed by atoms with Gasteiger partial charge >= 0.3 is 5.97 Å². The molecule has 1 saturated heterocycles. The Kier molecular flexibility index (Phi) is 6.37. The quantitative estimate of drug-likeness (QED) is 0.585. The summed E-state index contributed by atoms with van der Waals surface area (Å²) in [7, 11) is 0. The Labute approximate surface area is 179 Å². The van der Waals surface area contributed by atoms with Crippen LogP contribution in [0.3, 0.4) is 0 Å². The molecule has 2 aromatic carbocycles. The molecule has 0 unspecified atom stereocenters. The van der Waals surface area contributed by atoms with Crippen molar-refractivity contribution >= 4 is 23.4 Å². The zero-order valence-corrected chi connectivity index (χ0v) is 16.9. The molecule has 1 aromatic heterocycles. The second kappa shape index (κ2) is 9.71. The van der Waals surface area contributed by atoms with Gasteiger partial charge in [0.25, 0.3) is 5.91 Å². The number of para-hydroxylation sites is 1. The van der Waals surface area contributed by atoms with Gasteiger partial charge in [0.15, 0.2) is 18.1 Å². The molecule has 0 bridgehead atoms. The van der Waals surface area contributed by atoms with Crippen LogP contribution in [-0.4, -0.2) is 41.8 Å². The Hall–Kier alpha value is -3.94. The van der Waals surface area contributed by atoms with Crippen molar-refractivity contribution in [3.63, 3.8) is 0 Å². The molecule has 0 atom stereocenters. The van der Waals surface area contributed by atoms with Gasteiger partial charge < -0.3 is 19.7 Å². The molecule has 8 heteroatoms. The standard InChI is InChI=1S/C23H22N4O4/c28-22(24-17-7-6-10-19(15-17)31-18-8-2-1-3-9-18)16-30-23(29)20-11-12-21(26-25-20)27-13-4-5-14-27/h1-3,6-12,15H,4-5,13-14,16H2,(H,24,28). The molecule has 0 spiro atoms. The summed E-state index contributed by atoms with van der Waals surface area (Å²) < 4.78 is 10.8. The number of rotatable bonds is 7. The molecule has 0 aliphatic carbocycles. The summed E-state index contributed by atoms with van der Waals surface area (Å²) >= 11 is 0. The van der Waals surface area contributed by atoms with E-state index in [-0.39, 0.29) is 5.69 Å². The van der Waals surface area contributed by atoms with Crippen LogP contribution in [0.1, 0.15) is 23.3 Å². The van der Waals surface area contributed by atoms with E-state index < -0.39 is 18.5 Å². The summed E-state index contributed by atoms with van der Waals surface area (Å²) in [4.78, 5) is 26.4. The molecule has 1 fully saturated rings. The molecule has 1 aliphatic heterocycles. The van der Waals surface area contributed by atoms with E-state index >= 15 is 0 Å². The number of hydrogen-bond donors (Lipinski definition) is 1. The molecule has 1 amide bonds. The lowest BCUT2D eigenvalue weighted by atomic mass is 10.3. The fourth-order valence-electron chi connectivity index (χ4n) is 3.21. The maximum absolute atomic E-state index is 12.2.